The maximum atomic E-state index is 11.8. The van der Waals surface area contributed by atoms with E-state index in [0.717, 1.165) is 19.5 Å². The first-order valence-electron chi connectivity index (χ1n) is 5.05. The summed E-state index contributed by atoms with van der Waals surface area (Å²) in [5.41, 5.74) is 0.365. The van der Waals surface area contributed by atoms with Gasteiger partial charge in [0.1, 0.15) is 11.3 Å². The zero-order chi connectivity index (χ0) is 10.9. The van der Waals surface area contributed by atoms with Crippen molar-refractivity contribution in [3.63, 3.8) is 0 Å². The first kappa shape index (κ1) is 10.2. The third-order valence-electron chi connectivity index (χ3n) is 2.78. The van der Waals surface area contributed by atoms with E-state index in [1.807, 2.05) is 6.92 Å². The van der Waals surface area contributed by atoms with Crippen LogP contribution in [-0.2, 0) is 0 Å². The minimum atomic E-state index is -0.152. The number of nitrogens with one attached hydrogen (secondary N) is 2. The molecule has 82 valence electrons. The molecule has 15 heavy (non-hydrogen) atoms. The number of nitrogens with zero attached hydrogens (tertiary/aromatic N) is 1. The first-order valence-corrected chi connectivity index (χ1v) is 5.05. The first-order chi connectivity index (χ1) is 7.11. The van der Waals surface area contributed by atoms with Crippen molar-refractivity contribution in [2.75, 3.05) is 13.1 Å². The van der Waals surface area contributed by atoms with Crippen molar-refractivity contribution >= 4 is 5.91 Å². The number of carbonyl (C=O) groups is 1. The Balaban J connectivity index is 2.07. The SMILES string of the molecule is Cc1oncc1C(=O)NC1(C)CCNC1. The second-order valence-electron chi connectivity index (χ2n) is 4.24. The van der Waals surface area contributed by atoms with Gasteiger partial charge >= 0.3 is 0 Å². The Morgan fingerprint density at radius 3 is 3.07 bits per heavy atom. The smallest absolute Gasteiger partial charge is 0.256 e. The van der Waals surface area contributed by atoms with Gasteiger partial charge in [-0.2, -0.15) is 0 Å². The van der Waals surface area contributed by atoms with Crippen LogP contribution in [0.5, 0.6) is 0 Å². The zero-order valence-electron chi connectivity index (χ0n) is 8.96. The molecule has 1 aliphatic heterocycles. The molecule has 5 nitrogen and oxygen atoms in total. The average molecular weight is 209 g/mol. The molecule has 1 aliphatic rings. The number of rotatable bonds is 2. The number of carbonyl (C=O) groups excluding carboxylic acids is 1. The quantitative estimate of drug-likeness (QED) is 0.742. The van der Waals surface area contributed by atoms with E-state index in [1.165, 1.54) is 6.20 Å². The fourth-order valence-corrected chi connectivity index (χ4v) is 1.78. The minimum Gasteiger partial charge on any atom is -0.361 e. The summed E-state index contributed by atoms with van der Waals surface area (Å²) in [6.07, 6.45) is 2.40. The second-order valence-corrected chi connectivity index (χ2v) is 4.24. The van der Waals surface area contributed by atoms with E-state index < -0.39 is 0 Å². The van der Waals surface area contributed by atoms with Crippen molar-refractivity contribution < 1.29 is 9.32 Å². The summed E-state index contributed by atoms with van der Waals surface area (Å²) in [6.45, 7) is 5.52. The summed E-state index contributed by atoms with van der Waals surface area (Å²) in [5.74, 6) is 0.446. The van der Waals surface area contributed by atoms with Crippen LogP contribution in [0.25, 0.3) is 0 Å². The fraction of sp³-hybridized carbons (Fsp3) is 0.600. The van der Waals surface area contributed by atoms with Crippen molar-refractivity contribution in [1.82, 2.24) is 15.8 Å². The molecular weight excluding hydrogens is 194 g/mol. The molecule has 1 atom stereocenters. The highest BCUT2D eigenvalue weighted by molar-refractivity contribution is 5.95. The minimum absolute atomic E-state index is 0.111. The van der Waals surface area contributed by atoms with Crippen molar-refractivity contribution in [3.05, 3.63) is 17.5 Å². The highest BCUT2D eigenvalue weighted by Crippen LogP contribution is 2.15. The Bertz CT molecular complexity index is 366. The van der Waals surface area contributed by atoms with Crippen LogP contribution in [0.15, 0.2) is 10.7 Å². The number of aromatic nitrogens is 1. The van der Waals surface area contributed by atoms with Gasteiger partial charge in [-0.1, -0.05) is 5.16 Å². The van der Waals surface area contributed by atoms with E-state index in [2.05, 4.69) is 15.8 Å². The highest BCUT2D eigenvalue weighted by atomic mass is 16.5. The molecule has 2 rings (SSSR count). The Labute approximate surface area is 88.2 Å². The average Bonchev–Trinajstić information content (AvgIpc) is 2.74. The molecule has 0 aliphatic carbocycles. The molecule has 0 bridgehead atoms. The third kappa shape index (κ3) is 2.02. The molecule has 2 N–H and O–H groups in total. The van der Waals surface area contributed by atoms with Crippen LogP contribution in [0.3, 0.4) is 0 Å². The number of hydrogen-bond donors (Lipinski definition) is 2. The van der Waals surface area contributed by atoms with Gasteiger partial charge in [-0.05, 0) is 26.8 Å². The predicted molar refractivity (Wildman–Crippen MR) is 54.6 cm³/mol. The summed E-state index contributed by atoms with van der Waals surface area (Å²) >= 11 is 0. The highest BCUT2D eigenvalue weighted by Gasteiger charge is 2.31. The van der Waals surface area contributed by atoms with E-state index in [1.54, 1.807) is 6.92 Å². The van der Waals surface area contributed by atoms with E-state index in [4.69, 9.17) is 4.52 Å². The lowest BCUT2D eigenvalue weighted by Gasteiger charge is -2.23. The molecule has 1 saturated heterocycles. The maximum absolute atomic E-state index is 11.8. The van der Waals surface area contributed by atoms with Crippen LogP contribution < -0.4 is 10.6 Å². The molecule has 0 saturated carbocycles. The molecule has 1 aromatic rings. The molecule has 1 aromatic heterocycles. The molecule has 0 aromatic carbocycles. The topological polar surface area (TPSA) is 67.2 Å². The Kier molecular flexibility index (Phi) is 2.48. The van der Waals surface area contributed by atoms with Crippen LogP contribution >= 0.6 is 0 Å². The molecular formula is C10H15N3O2. The van der Waals surface area contributed by atoms with E-state index in [0.29, 0.717) is 11.3 Å². The molecule has 0 spiro atoms. The van der Waals surface area contributed by atoms with Crippen LogP contribution in [-0.4, -0.2) is 29.7 Å². The third-order valence-corrected chi connectivity index (χ3v) is 2.78. The zero-order valence-corrected chi connectivity index (χ0v) is 8.96. The number of hydrogen-bond acceptors (Lipinski definition) is 4. The van der Waals surface area contributed by atoms with Crippen molar-refractivity contribution in [1.29, 1.82) is 0 Å². The lowest BCUT2D eigenvalue weighted by molar-refractivity contribution is 0.0911. The summed E-state index contributed by atoms with van der Waals surface area (Å²) in [4.78, 5) is 11.8. The lowest BCUT2D eigenvalue weighted by atomic mass is 10.0. The summed E-state index contributed by atoms with van der Waals surface area (Å²) in [5, 5.41) is 9.81. The molecule has 2 heterocycles. The molecule has 5 heteroatoms. The summed E-state index contributed by atoms with van der Waals surface area (Å²) < 4.78 is 4.86. The van der Waals surface area contributed by atoms with Gasteiger partial charge in [0.25, 0.3) is 5.91 Å². The fourth-order valence-electron chi connectivity index (χ4n) is 1.78. The van der Waals surface area contributed by atoms with Crippen LogP contribution in [0.1, 0.15) is 29.5 Å². The number of aryl methyl sites for hydroxylation is 1. The van der Waals surface area contributed by atoms with Gasteiger partial charge in [0.05, 0.1) is 11.7 Å². The van der Waals surface area contributed by atoms with E-state index >= 15 is 0 Å². The largest absolute Gasteiger partial charge is 0.361 e. The van der Waals surface area contributed by atoms with Crippen LogP contribution in [0.2, 0.25) is 0 Å². The van der Waals surface area contributed by atoms with Crippen molar-refractivity contribution in [2.45, 2.75) is 25.8 Å². The maximum Gasteiger partial charge on any atom is 0.256 e. The Morgan fingerprint density at radius 1 is 1.73 bits per heavy atom. The predicted octanol–water partition coefficient (Wildman–Crippen LogP) is 0.465. The van der Waals surface area contributed by atoms with Gasteiger partial charge in [0.15, 0.2) is 0 Å². The Morgan fingerprint density at radius 2 is 2.53 bits per heavy atom. The van der Waals surface area contributed by atoms with Crippen molar-refractivity contribution in [3.8, 4) is 0 Å². The summed E-state index contributed by atoms with van der Waals surface area (Å²) in [7, 11) is 0. The van der Waals surface area contributed by atoms with E-state index in [-0.39, 0.29) is 11.4 Å². The normalized spacial score (nSPS) is 25.5. The molecule has 1 unspecified atom stereocenters. The van der Waals surface area contributed by atoms with Gasteiger partial charge in [0.2, 0.25) is 0 Å². The van der Waals surface area contributed by atoms with Gasteiger partial charge in [0, 0.05) is 6.54 Å². The molecule has 1 fully saturated rings. The second kappa shape index (κ2) is 3.66. The lowest BCUT2D eigenvalue weighted by Crippen LogP contribution is -2.47. The monoisotopic (exact) mass is 209 g/mol. The van der Waals surface area contributed by atoms with Crippen LogP contribution in [0, 0.1) is 6.92 Å². The van der Waals surface area contributed by atoms with Gasteiger partial charge in [-0.15, -0.1) is 0 Å². The number of amides is 1. The van der Waals surface area contributed by atoms with Gasteiger partial charge < -0.3 is 15.2 Å². The summed E-state index contributed by atoms with van der Waals surface area (Å²) in [6, 6.07) is 0. The molecule has 1 amide bonds. The Hall–Kier alpha value is -1.36. The van der Waals surface area contributed by atoms with Gasteiger partial charge in [-0.3, -0.25) is 4.79 Å². The van der Waals surface area contributed by atoms with Gasteiger partial charge in [-0.25, -0.2) is 0 Å². The standard InChI is InChI=1S/C10H15N3O2/c1-7-8(5-12-15-7)9(14)13-10(2)3-4-11-6-10/h5,11H,3-4,6H2,1-2H3,(H,13,14). The van der Waals surface area contributed by atoms with Crippen molar-refractivity contribution in [2.24, 2.45) is 0 Å². The van der Waals surface area contributed by atoms with Crippen LogP contribution in [0.4, 0.5) is 0 Å². The molecule has 0 radical (unpaired) electrons. The van der Waals surface area contributed by atoms with E-state index in [9.17, 15) is 4.79 Å².